The molecule has 3 aromatic heterocycles. The highest BCUT2D eigenvalue weighted by Crippen LogP contribution is 2.39. The Hall–Kier alpha value is -3.25. The quantitative estimate of drug-likeness (QED) is 0.234. The summed E-state index contributed by atoms with van der Waals surface area (Å²) in [4.78, 5) is 10.4. The molecule has 40 heavy (non-hydrogen) atoms. The normalized spacial score (nSPS) is 14.9. The zero-order chi connectivity index (χ0) is 28.2. The first-order valence-corrected chi connectivity index (χ1v) is 14.8. The van der Waals surface area contributed by atoms with Crippen LogP contribution in [0.1, 0.15) is 45.1 Å². The van der Waals surface area contributed by atoms with E-state index in [0.29, 0.717) is 5.13 Å². The lowest BCUT2D eigenvalue weighted by molar-refractivity contribution is -0.219. The molecule has 5 rings (SSSR count). The molecule has 0 amide bonds. The monoisotopic (exact) mass is 588 g/mol. The van der Waals surface area contributed by atoms with Crippen LogP contribution in [-0.2, 0) is 6.42 Å². The summed E-state index contributed by atoms with van der Waals surface area (Å²) >= 11 is 2.85. The number of fused-ring (bicyclic) bond motifs is 6. The van der Waals surface area contributed by atoms with Gasteiger partial charge in [0.25, 0.3) is 0 Å². The molecule has 4 heterocycles. The first-order valence-electron chi connectivity index (χ1n) is 13.2. The molecule has 0 aliphatic carbocycles. The average molecular weight is 589 g/mol. The van der Waals surface area contributed by atoms with Gasteiger partial charge in [-0.05, 0) is 62.8 Å². The van der Waals surface area contributed by atoms with Gasteiger partial charge in [0.15, 0.2) is 5.13 Å². The Balaban J connectivity index is 1.47. The van der Waals surface area contributed by atoms with Crippen molar-refractivity contribution >= 4 is 34.2 Å². The van der Waals surface area contributed by atoms with Gasteiger partial charge in [0.05, 0.1) is 5.41 Å². The minimum atomic E-state index is -4.38. The summed E-state index contributed by atoms with van der Waals surface area (Å²) in [5, 5.41) is 9.30. The van der Waals surface area contributed by atoms with Gasteiger partial charge < -0.3 is 14.8 Å². The lowest BCUT2D eigenvalue weighted by Crippen LogP contribution is -2.37. The van der Waals surface area contributed by atoms with Crippen LogP contribution in [0.5, 0.6) is 5.88 Å². The molecule has 7 nitrogen and oxygen atoms in total. The zero-order valence-electron chi connectivity index (χ0n) is 22.3. The van der Waals surface area contributed by atoms with Gasteiger partial charge in [0.2, 0.25) is 5.88 Å². The third-order valence-corrected chi connectivity index (χ3v) is 8.54. The topological polar surface area (TPSA) is 76.9 Å². The molecule has 0 saturated carbocycles. The van der Waals surface area contributed by atoms with Crippen molar-refractivity contribution in [3.63, 3.8) is 0 Å². The number of hydrogen-bond donors (Lipinski definition) is 2. The Labute approximate surface area is 239 Å². The molecule has 212 valence electrons. The fraction of sp³-hybridized carbons (Fsp3) is 0.393. The number of pyridine rings is 1. The Morgan fingerprint density at radius 3 is 2.73 bits per heavy atom. The van der Waals surface area contributed by atoms with Crippen LogP contribution in [0, 0.1) is 5.41 Å². The van der Waals surface area contributed by atoms with Gasteiger partial charge in [0.1, 0.15) is 23.1 Å². The van der Waals surface area contributed by atoms with E-state index in [4.69, 9.17) is 9.72 Å². The van der Waals surface area contributed by atoms with Crippen LogP contribution in [0.15, 0.2) is 59.8 Å². The predicted molar refractivity (Wildman–Crippen MR) is 154 cm³/mol. The molecule has 12 heteroatoms. The summed E-state index contributed by atoms with van der Waals surface area (Å²) in [6, 6.07) is 13.7. The number of nitrogens with zero attached hydrogens (tertiary/aromatic N) is 4. The second kappa shape index (κ2) is 12.1. The number of alkyl halides is 3. The standard InChI is InChI=1S/C28H31F3N6OS2/c1-27(2,28(29,30)31)18-38-23-13-16-37(35-23)25-24-21-11-7-6-10-19(21)9-5-3-4-8-14-32-22-17-20(12-15-33-22)40-36-26(34-24)39-25/h6-7,10-13,15-17H,3-5,8-9,14,18H2,1-2H3,(H,32,33)(H,34,36). The van der Waals surface area contributed by atoms with Gasteiger partial charge in [-0.2, -0.15) is 13.2 Å². The Morgan fingerprint density at radius 2 is 1.88 bits per heavy atom. The second-order valence-corrected chi connectivity index (χ2v) is 12.1. The molecule has 1 aromatic carbocycles. The summed E-state index contributed by atoms with van der Waals surface area (Å²) in [6.45, 7) is 2.58. The maximum absolute atomic E-state index is 13.3. The SMILES string of the molecule is CC(C)(COc1ccn(-c2sc3nc2-c2ccccc2CCCCCCNc2cc(ccn2)SN3)n1)C(F)(F)F. The number of halogens is 3. The van der Waals surface area contributed by atoms with Crippen molar-refractivity contribution in [2.24, 2.45) is 5.41 Å². The fourth-order valence-corrected chi connectivity index (χ4v) is 5.78. The van der Waals surface area contributed by atoms with Gasteiger partial charge >= 0.3 is 6.18 Å². The molecule has 0 fully saturated rings. The lowest BCUT2D eigenvalue weighted by atomic mass is 9.94. The van der Waals surface area contributed by atoms with Crippen LogP contribution < -0.4 is 14.8 Å². The predicted octanol–water partition coefficient (Wildman–Crippen LogP) is 8.01. The molecule has 0 atom stereocenters. The summed E-state index contributed by atoms with van der Waals surface area (Å²) in [5.41, 5.74) is 0.973. The zero-order valence-corrected chi connectivity index (χ0v) is 23.9. The lowest BCUT2D eigenvalue weighted by Gasteiger charge is -2.26. The van der Waals surface area contributed by atoms with Gasteiger partial charge in [-0.15, -0.1) is 5.10 Å². The van der Waals surface area contributed by atoms with E-state index in [1.54, 1.807) is 23.1 Å². The highest BCUT2D eigenvalue weighted by molar-refractivity contribution is 8.00. The third kappa shape index (κ3) is 6.72. The largest absolute Gasteiger partial charge is 0.476 e. The Morgan fingerprint density at radius 1 is 1.05 bits per heavy atom. The number of benzene rings is 1. The molecule has 4 aromatic rings. The second-order valence-electron chi connectivity index (χ2n) is 10.3. The van der Waals surface area contributed by atoms with Crippen LogP contribution in [0.4, 0.5) is 24.1 Å². The van der Waals surface area contributed by atoms with Crippen molar-refractivity contribution in [1.29, 1.82) is 0 Å². The van der Waals surface area contributed by atoms with E-state index < -0.39 is 18.2 Å². The summed E-state index contributed by atoms with van der Waals surface area (Å²) < 4.78 is 50.4. The first-order chi connectivity index (χ1) is 19.2. The number of rotatable bonds is 4. The molecule has 4 bridgehead atoms. The average Bonchev–Trinajstić information content (AvgIpc) is 3.57. The fourth-order valence-electron chi connectivity index (χ4n) is 4.17. The smallest absolute Gasteiger partial charge is 0.397 e. The van der Waals surface area contributed by atoms with Crippen LogP contribution in [-0.4, -0.2) is 39.1 Å². The molecule has 1 aliphatic heterocycles. The molecule has 0 unspecified atom stereocenters. The summed E-state index contributed by atoms with van der Waals surface area (Å²) in [6.07, 6.45) is 4.37. The summed E-state index contributed by atoms with van der Waals surface area (Å²) in [7, 11) is 0. The summed E-state index contributed by atoms with van der Waals surface area (Å²) in [5.74, 6) is 0.960. The first kappa shape index (κ1) is 28.3. The maximum atomic E-state index is 13.3. The van der Waals surface area contributed by atoms with Crippen molar-refractivity contribution in [3.8, 4) is 22.1 Å². The molecular weight excluding hydrogens is 557 g/mol. The van der Waals surface area contributed by atoms with Crippen molar-refractivity contribution in [3.05, 3.63) is 60.4 Å². The number of thiazole rings is 1. The van der Waals surface area contributed by atoms with Gasteiger partial charge in [-0.3, -0.25) is 0 Å². The molecule has 0 radical (unpaired) electrons. The van der Waals surface area contributed by atoms with Crippen molar-refractivity contribution in [2.45, 2.75) is 57.0 Å². The minimum Gasteiger partial charge on any atom is -0.476 e. The number of nitrogens with one attached hydrogen (secondary N) is 2. The van der Waals surface area contributed by atoms with E-state index in [2.05, 4.69) is 32.3 Å². The van der Waals surface area contributed by atoms with Gasteiger partial charge in [-0.25, -0.2) is 14.6 Å². The van der Waals surface area contributed by atoms with E-state index in [1.807, 2.05) is 24.3 Å². The number of aromatic nitrogens is 4. The molecule has 0 spiro atoms. The van der Waals surface area contributed by atoms with Crippen LogP contribution in [0.2, 0.25) is 0 Å². The molecular formula is C28H31F3N6OS2. The Kier molecular flexibility index (Phi) is 8.55. The molecule has 0 saturated heterocycles. The maximum Gasteiger partial charge on any atom is 0.397 e. The van der Waals surface area contributed by atoms with Crippen molar-refractivity contribution < 1.29 is 17.9 Å². The third-order valence-electron chi connectivity index (χ3n) is 6.67. The van der Waals surface area contributed by atoms with E-state index in [0.717, 1.165) is 79.5 Å². The van der Waals surface area contributed by atoms with Crippen molar-refractivity contribution in [2.75, 3.05) is 23.2 Å². The van der Waals surface area contributed by atoms with Crippen LogP contribution in [0.3, 0.4) is 0 Å². The minimum absolute atomic E-state index is 0.125. The van der Waals surface area contributed by atoms with Gasteiger partial charge in [-0.1, -0.05) is 48.4 Å². The highest BCUT2D eigenvalue weighted by atomic mass is 32.2. The van der Waals surface area contributed by atoms with E-state index in [9.17, 15) is 13.2 Å². The molecule has 2 N–H and O–H groups in total. The Bertz CT molecular complexity index is 1440. The number of ether oxygens (including phenoxy) is 1. The van der Waals surface area contributed by atoms with Gasteiger partial charge in [0, 0.05) is 35.5 Å². The van der Waals surface area contributed by atoms with Crippen LogP contribution in [0.25, 0.3) is 16.3 Å². The van der Waals surface area contributed by atoms with Crippen molar-refractivity contribution in [1.82, 2.24) is 19.7 Å². The number of aryl methyl sites for hydroxylation is 1. The van der Waals surface area contributed by atoms with E-state index >= 15 is 0 Å². The number of anilines is 2. The van der Waals surface area contributed by atoms with E-state index in [1.165, 1.54) is 28.8 Å². The molecule has 1 aliphatic rings. The van der Waals surface area contributed by atoms with Crippen LogP contribution >= 0.6 is 23.3 Å². The number of hydrogen-bond acceptors (Lipinski definition) is 8. The highest BCUT2D eigenvalue weighted by Gasteiger charge is 2.48. The van der Waals surface area contributed by atoms with E-state index in [-0.39, 0.29) is 5.88 Å².